The summed E-state index contributed by atoms with van der Waals surface area (Å²) < 4.78 is 39.7. The Labute approximate surface area is 230 Å². The molecule has 0 saturated heterocycles. The van der Waals surface area contributed by atoms with Crippen LogP contribution in [0.2, 0.25) is 0 Å². The summed E-state index contributed by atoms with van der Waals surface area (Å²) in [6.45, 7) is 5.73. The number of amides is 1. The van der Waals surface area contributed by atoms with Gasteiger partial charge in [0.15, 0.2) is 0 Å². The van der Waals surface area contributed by atoms with Crippen molar-refractivity contribution in [3.8, 4) is 22.8 Å². The Bertz CT molecular complexity index is 1430. The number of aliphatic hydroxyl groups is 1. The number of benzene rings is 2. The van der Waals surface area contributed by atoms with Crippen molar-refractivity contribution in [3.05, 3.63) is 71.9 Å². The molecule has 0 radical (unpaired) electrons. The van der Waals surface area contributed by atoms with Crippen LogP contribution in [0, 0.1) is 12.8 Å². The molecule has 39 heavy (non-hydrogen) atoms. The first-order valence-electron chi connectivity index (χ1n) is 12.8. The van der Waals surface area contributed by atoms with Crippen LogP contribution in [-0.4, -0.2) is 79.6 Å². The monoisotopic (exact) mass is 553 g/mol. The van der Waals surface area contributed by atoms with E-state index in [1.165, 1.54) is 24.5 Å². The number of para-hydroxylation sites is 1. The van der Waals surface area contributed by atoms with Gasteiger partial charge in [0.2, 0.25) is 15.9 Å². The minimum Gasteiger partial charge on any atom is -0.495 e. The Morgan fingerprint density at radius 2 is 1.87 bits per heavy atom. The normalized spacial score (nSPS) is 18.6. The molecule has 4 rings (SSSR count). The molecule has 2 heterocycles. The fourth-order valence-corrected chi connectivity index (χ4v) is 5.91. The molecule has 0 unspecified atom stereocenters. The zero-order valence-electron chi connectivity index (χ0n) is 22.9. The van der Waals surface area contributed by atoms with Crippen molar-refractivity contribution in [1.82, 2.24) is 14.2 Å². The van der Waals surface area contributed by atoms with E-state index in [-0.39, 0.29) is 53.6 Å². The third-order valence-electron chi connectivity index (χ3n) is 7.10. The number of pyridine rings is 1. The highest BCUT2D eigenvalue weighted by Crippen LogP contribution is 2.32. The van der Waals surface area contributed by atoms with Crippen LogP contribution in [0.3, 0.4) is 0 Å². The zero-order chi connectivity index (χ0) is 28.3. The van der Waals surface area contributed by atoms with Gasteiger partial charge in [0.05, 0.1) is 26.3 Å². The van der Waals surface area contributed by atoms with Crippen molar-refractivity contribution in [3.63, 3.8) is 0 Å². The lowest BCUT2D eigenvalue weighted by Crippen LogP contribution is -2.50. The Balaban J connectivity index is 1.71. The molecule has 10 heteroatoms. The molecule has 0 bridgehead atoms. The molecule has 3 atom stereocenters. The predicted octanol–water partition coefficient (Wildman–Crippen LogP) is 3.61. The standard InChI is InChI=1S/C29H35N3O6S/c1-19-10-12-22(13-11-19)23-14-24-28(30-15-23)38-26(20(2)16-32(29(24)34)21(3)18-33)17-31(4)39(35,36)27-9-7-6-8-25(27)37-5/h6-15,20-21,26,33H,16-18H2,1-5H3/t20-,21+,26-/m0/s1. The highest BCUT2D eigenvalue weighted by Gasteiger charge is 2.36. The minimum absolute atomic E-state index is 0.0118. The molecular weight excluding hydrogens is 518 g/mol. The van der Waals surface area contributed by atoms with Crippen molar-refractivity contribution in [1.29, 1.82) is 0 Å². The van der Waals surface area contributed by atoms with Crippen LogP contribution < -0.4 is 9.47 Å². The summed E-state index contributed by atoms with van der Waals surface area (Å²) in [6, 6.07) is 15.6. The van der Waals surface area contributed by atoms with Gasteiger partial charge in [-0.15, -0.1) is 0 Å². The number of ether oxygens (including phenoxy) is 2. The molecule has 0 saturated carbocycles. The molecule has 1 aliphatic rings. The third kappa shape index (κ3) is 5.93. The number of carbonyl (C=O) groups excluding carboxylic acids is 1. The summed E-state index contributed by atoms with van der Waals surface area (Å²) in [5, 5.41) is 9.91. The van der Waals surface area contributed by atoms with Gasteiger partial charge >= 0.3 is 0 Å². The Kier molecular flexibility index (Phi) is 8.58. The number of aliphatic hydroxyl groups excluding tert-OH is 1. The van der Waals surface area contributed by atoms with Crippen LogP contribution in [0.5, 0.6) is 11.6 Å². The lowest BCUT2D eigenvalue weighted by Gasteiger charge is -2.37. The lowest BCUT2D eigenvalue weighted by molar-refractivity contribution is 0.0373. The molecule has 0 fully saturated rings. The van der Waals surface area contributed by atoms with Gasteiger partial charge in [-0.3, -0.25) is 4.79 Å². The van der Waals surface area contributed by atoms with Gasteiger partial charge in [0.1, 0.15) is 22.3 Å². The van der Waals surface area contributed by atoms with Gasteiger partial charge in [-0.25, -0.2) is 13.4 Å². The van der Waals surface area contributed by atoms with E-state index in [4.69, 9.17) is 9.47 Å². The first-order chi connectivity index (χ1) is 18.6. The number of fused-ring (bicyclic) bond motifs is 1. The zero-order valence-corrected chi connectivity index (χ0v) is 23.7. The number of aromatic nitrogens is 1. The fourth-order valence-electron chi connectivity index (χ4n) is 4.58. The van der Waals surface area contributed by atoms with Crippen molar-refractivity contribution in [2.75, 3.05) is 33.9 Å². The highest BCUT2D eigenvalue weighted by molar-refractivity contribution is 7.89. The summed E-state index contributed by atoms with van der Waals surface area (Å²) in [6.07, 6.45) is 1.02. The number of rotatable bonds is 8. The molecular formula is C29H35N3O6S. The number of aryl methyl sites for hydroxylation is 1. The largest absolute Gasteiger partial charge is 0.495 e. The molecule has 0 aliphatic carbocycles. The summed E-state index contributed by atoms with van der Waals surface area (Å²) in [5.74, 6) is -0.191. The van der Waals surface area contributed by atoms with E-state index in [1.54, 1.807) is 42.3 Å². The van der Waals surface area contributed by atoms with Crippen LogP contribution in [0.4, 0.5) is 0 Å². The quantitative estimate of drug-likeness (QED) is 0.454. The van der Waals surface area contributed by atoms with Crippen LogP contribution in [-0.2, 0) is 10.0 Å². The Morgan fingerprint density at radius 1 is 1.18 bits per heavy atom. The molecule has 3 aromatic rings. The Hall–Kier alpha value is -3.47. The second-order valence-electron chi connectivity index (χ2n) is 10.0. The fraction of sp³-hybridized carbons (Fsp3) is 0.379. The van der Waals surface area contributed by atoms with Crippen molar-refractivity contribution in [2.24, 2.45) is 5.92 Å². The van der Waals surface area contributed by atoms with E-state index in [1.807, 2.05) is 38.1 Å². The van der Waals surface area contributed by atoms with E-state index in [9.17, 15) is 18.3 Å². The number of methoxy groups -OCH3 is 1. The van der Waals surface area contributed by atoms with Gasteiger partial charge in [-0.1, -0.05) is 48.9 Å². The second-order valence-corrected chi connectivity index (χ2v) is 12.0. The summed E-state index contributed by atoms with van der Waals surface area (Å²) in [5.41, 5.74) is 3.04. The number of nitrogens with zero attached hydrogens (tertiary/aromatic N) is 3. The molecule has 1 amide bonds. The number of carbonyl (C=O) groups is 1. The van der Waals surface area contributed by atoms with Gasteiger partial charge in [0.25, 0.3) is 5.91 Å². The average Bonchev–Trinajstić information content (AvgIpc) is 2.94. The summed E-state index contributed by atoms with van der Waals surface area (Å²) >= 11 is 0. The van der Waals surface area contributed by atoms with Crippen LogP contribution in [0.1, 0.15) is 29.8 Å². The van der Waals surface area contributed by atoms with Crippen LogP contribution in [0.25, 0.3) is 11.1 Å². The maximum absolute atomic E-state index is 13.7. The number of hydrogen-bond donors (Lipinski definition) is 1. The highest BCUT2D eigenvalue weighted by atomic mass is 32.2. The molecule has 0 spiro atoms. The van der Waals surface area contributed by atoms with Crippen LogP contribution >= 0.6 is 0 Å². The average molecular weight is 554 g/mol. The van der Waals surface area contributed by atoms with Crippen LogP contribution in [0.15, 0.2) is 65.7 Å². The first kappa shape index (κ1) is 28.5. The maximum atomic E-state index is 13.7. The maximum Gasteiger partial charge on any atom is 0.259 e. The molecule has 1 aromatic heterocycles. The molecule has 9 nitrogen and oxygen atoms in total. The van der Waals surface area contributed by atoms with Gasteiger partial charge in [-0.2, -0.15) is 4.31 Å². The van der Waals surface area contributed by atoms with Gasteiger partial charge < -0.3 is 19.5 Å². The van der Waals surface area contributed by atoms with E-state index in [0.29, 0.717) is 0 Å². The first-order valence-corrected chi connectivity index (χ1v) is 14.3. The third-order valence-corrected chi connectivity index (χ3v) is 8.96. The van der Waals surface area contributed by atoms with Crippen molar-refractivity contribution >= 4 is 15.9 Å². The predicted molar refractivity (Wildman–Crippen MR) is 148 cm³/mol. The van der Waals surface area contributed by atoms with E-state index >= 15 is 0 Å². The molecule has 208 valence electrons. The smallest absolute Gasteiger partial charge is 0.259 e. The topological polar surface area (TPSA) is 109 Å². The second kappa shape index (κ2) is 11.7. The van der Waals surface area contributed by atoms with E-state index < -0.39 is 22.2 Å². The van der Waals surface area contributed by atoms with E-state index in [0.717, 1.165) is 16.7 Å². The molecule has 2 aromatic carbocycles. The number of sulfonamides is 1. The van der Waals surface area contributed by atoms with Gasteiger partial charge in [0, 0.05) is 31.3 Å². The molecule has 1 aliphatic heterocycles. The van der Waals surface area contributed by atoms with Gasteiger partial charge in [-0.05, 0) is 37.6 Å². The Morgan fingerprint density at radius 3 is 2.54 bits per heavy atom. The number of likely N-dealkylation sites (N-methyl/N-ethyl adjacent to an activating group) is 1. The van der Waals surface area contributed by atoms with Crippen molar-refractivity contribution < 1.29 is 27.8 Å². The van der Waals surface area contributed by atoms with E-state index in [2.05, 4.69) is 4.98 Å². The van der Waals surface area contributed by atoms with Crippen molar-refractivity contribution in [2.45, 2.75) is 37.8 Å². The lowest BCUT2D eigenvalue weighted by atomic mass is 9.99. The summed E-state index contributed by atoms with van der Waals surface area (Å²) in [7, 11) is -0.990. The number of hydrogen-bond acceptors (Lipinski definition) is 7. The summed E-state index contributed by atoms with van der Waals surface area (Å²) in [4.78, 5) is 19.9. The SMILES string of the molecule is COc1ccccc1S(=O)(=O)N(C)C[C@@H]1Oc2ncc(-c3ccc(C)cc3)cc2C(=O)N([C@H](C)CO)C[C@@H]1C. The molecule has 1 N–H and O–H groups in total. The minimum atomic E-state index is -3.91.